The summed E-state index contributed by atoms with van der Waals surface area (Å²) < 4.78 is 5.46. The van der Waals surface area contributed by atoms with Crippen LogP contribution in [0.4, 0.5) is 0 Å². The Kier molecular flexibility index (Phi) is 2.88. The SMILES string of the molecule is c1ccc(-c2n[nH]c(C3CCCOC3)n2)cc1. The second-order valence-corrected chi connectivity index (χ2v) is 4.32. The van der Waals surface area contributed by atoms with Crippen molar-refractivity contribution in [2.24, 2.45) is 0 Å². The molecule has 17 heavy (non-hydrogen) atoms. The number of nitrogens with one attached hydrogen (secondary N) is 1. The Bertz CT molecular complexity index is 474. The van der Waals surface area contributed by atoms with E-state index in [1.807, 2.05) is 30.3 Å². The fourth-order valence-electron chi connectivity index (χ4n) is 2.13. The van der Waals surface area contributed by atoms with Crippen molar-refractivity contribution in [3.63, 3.8) is 0 Å². The van der Waals surface area contributed by atoms with Gasteiger partial charge < -0.3 is 4.74 Å². The molecule has 1 aromatic heterocycles. The predicted molar refractivity (Wildman–Crippen MR) is 64.6 cm³/mol. The Labute approximate surface area is 100 Å². The van der Waals surface area contributed by atoms with Crippen LogP contribution in [0, 0.1) is 0 Å². The largest absolute Gasteiger partial charge is 0.381 e. The number of rotatable bonds is 2. The summed E-state index contributed by atoms with van der Waals surface area (Å²) in [5.41, 5.74) is 1.05. The van der Waals surface area contributed by atoms with Gasteiger partial charge in [0.2, 0.25) is 0 Å². The fourth-order valence-corrected chi connectivity index (χ4v) is 2.13. The van der Waals surface area contributed by atoms with Crippen LogP contribution in [0.25, 0.3) is 11.4 Å². The summed E-state index contributed by atoms with van der Waals surface area (Å²) in [5.74, 6) is 2.09. The van der Waals surface area contributed by atoms with Crippen LogP contribution < -0.4 is 0 Å². The van der Waals surface area contributed by atoms with Crippen molar-refractivity contribution in [3.8, 4) is 11.4 Å². The highest BCUT2D eigenvalue weighted by Crippen LogP contribution is 2.24. The van der Waals surface area contributed by atoms with E-state index >= 15 is 0 Å². The van der Waals surface area contributed by atoms with Crippen molar-refractivity contribution in [1.29, 1.82) is 0 Å². The van der Waals surface area contributed by atoms with E-state index in [1.165, 1.54) is 0 Å². The molecule has 1 unspecified atom stereocenters. The number of hydrogen-bond acceptors (Lipinski definition) is 3. The van der Waals surface area contributed by atoms with E-state index in [9.17, 15) is 0 Å². The standard InChI is InChI=1S/C13H15N3O/c1-2-5-10(6-3-1)12-14-13(16-15-12)11-7-4-8-17-9-11/h1-3,5-6,11H,4,7-9H2,(H,14,15,16). The Morgan fingerprint density at radius 3 is 2.88 bits per heavy atom. The fraction of sp³-hybridized carbons (Fsp3) is 0.385. The van der Waals surface area contributed by atoms with Crippen molar-refractivity contribution in [3.05, 3.63) is 36.2 Å². The third-order valence-corrected chi connectivity index (χ3v) is 3.08. The molecule has 1 N–H and O–H groups in total. The van der Waals surface area contributed by atoms with Crippen LogP contribution in [0.5, 0.6) is 0 Å². The predicted octanol–water partition coefficient (Wildman–Crippen LogP) is 2.37. The van der Waals surface area contributed by atoms with Gasteiger partial charge in [-0.05, 0) is 12.8 Å². The molecule has 0 amide bonds. The minimum Gasteiger partial charge on any atom is -0.381 e. The highest BCUT2D eigenvalue weighted by atomic mass is 16.5. The Morgan fingerprint density at radius 2 is 2.12 bits per heavy atom. The Balaban J connectivity index is 1.83. The molecule has 1 atom stereocenters. The minimum absolute atomic E-state index is 0.369. The first-order valence-corrected chi connectivity index (χ1v) is 5.99. The molecule has 1 saturated heterocycles. The van der Waals surface area contributed by atoms with Gasteiger partial charge in [-0.2, -0.15) is 5.10 Å². The molecule has 0 radical (unpaired) electrons. The zero-order chi connectivity index (χ0) is 11.5. The van der Waals surface area contributed by atoms with E-state index in [2.05, 4.69) is 15.2 Å². The molecule has 0 aliphatic carbocycles. The Hall–Kier alpha value is -1.68. The van der Waals surface area contributed by atoms with Gasteiger partial charge in [-0.25, -0.2) is 4.98 Å². The number of ether oxygens (including phenoxy) is 1. The maximum Gasteiger partial charge on any atom is 0.181 e. The maximum absolute atomic E-state index is 5.46. The van der Waals surface area contributed by atoms with Gasteiger partial charge in [0.05, 0.1) is 6.61 Å². The number of aromatic nitrogens is 3. The van der Waals surface area contributed by atoms with E-state index < -0.39 is 0 Å². The molecule has 3 rings (SSSR count). The molecule has 4 heteroatoms. The lowest BCUT2D eigenvalue weighted by Crippen LogP contribution is -2.16. The lowest BCUT2D eigenvalue weighted by Gasteiger charge is -2.19. The van der Waals surface area contributed by atoms with Crippen molar-refractivity contribution in [2.75, 3.05) is 13.2 Å². The topological polar surface area (TPSA) is 50.8 Å². The highest BCUT2D eigenvalue weighted by Gasteiger charge is 2.19. The molecule has 2 aromatic rings. The smallest absolute Gasteiger partial charge is 0.181 e. The van der Waals surface area contributed by atoms with E-state index in [-0.39, 0.29) is 0 Å². The second-order valence-electron chi connectivity index (χ2n) is 4.32. The van der Waals surface area contributed by atoms with Gasteiger partial charge in [0.25, 0.3) is 0 Å². The lowest BCUT2D eigenvalue weighted by atomic mass is 10.0. The summed E-state index contributed by atoms with van der Waals surface area (Å²) in [4.78, 5) is 4.56. The normalized spacial score (nSPS) is 20.4. The van der Waals surface area contributed by atoms with Gasteiger partial charge in [0.1, 0.15) is 5.82 Å². The van der Waals surface area contributed by atoms with Crippen LogP contribution in [-0.4, -0.2) is 28.4 Å². The molecule has 0 spiro atoms. The van der Waals surface area contributed by atoms with Crippen LogP contribution in [0.2, 0.25) is 0 Å². The summed E-state index contributed by atoms with van der Waals surface area (Å²) in [7, 11) is 0. The molecular formula is C13H15N3O. The van der Waals surface area contributed by atoms with Gasteiger partial charge in [0, 0.05) is 18.1 Å². The van der Waals surface area contributed by atoms with Crippen molar-refractivity contribution >= 4 is 0 Å². The van der Waals surface area contributed by atoms with Crippen LogP contribution in [0.3, 0.4) is 0 Å². The number of aromatic amines is 1. The molecular weight excluding hydrogens is 214 g/mol. The third-order valence-electron chi connectivity index (χ3n) is 3.08. The molecule has 4 nitrogen and oxygen atoms in total. The molecule has 0 bridgehead atoms. The second kappa shape index (κ2) is 4.67. The minimum atomic E-state index is 0.369. The van der Waals surface area contributed by atoms with Crippen LogP contribution in [0.15, 0.2) is 30.3 Å². The highest BCUT2D eigenvalue weighted by molar-refractivity contribution is 5.53. The maximum atomic E-state index is 5.46. The van der Waals surface area contributed by atoms with Gasteiger partial charge >= 0.3 is 0 Å². The average Bonchev–Trinajstić information content (AvgIpc) is 2.90. The molecule has 1 aliphatic heterocycles. The molecule has 2 heterocycles. The summed E-state index contributed by atoms with van der Waals surface area (Å²) in [6.45, 7) is 1.62. The quantitative estimate of drug-likeness (QED) is 0.860. The molecule has 1 aliphatic rings. The monoisotopic (exact) mass is 229 g/mol. The van der Waals surface area contributed by atoms with Gasteiger partial charge in [0.15, 0.2) is 5.82 Å². The van der Waals surface area contributed by atoms with Gasteiger partial charge in [-0.1, -0.05) is 30.3 Å². The van der Waals surface area contributed by atoms with Crippen molar-refractivity contribution < 1.29 is 4.74 Å². The number of nitrogens with zero attached hydrogens (tertiary/aromatic N) is 2. The van der Waals surface area contributed by atoms with Crippen LogP contribution in [0.1, 0.15) is 24.6 Å². The zero-order valence-corrected chi connectivity index (χ0v) is 9.60. The summed E-state index contributed by atoms with van der Waals surface area (Å²) in [6.07, 6.45) is 2.23. The summed E-state index contributed by atoms with van der Waals surface area (Å²) >= 11 is 0. The number of hydrogen-bond donors (Lipinski definition) is 1. The van der Waals surface area contributed by atoms with E-state index in [0.29, 0.717) is 5.92 Å². The van der Waals surface area contributed by atoms with E-state index in [0.717, 1.165) is 43.3 Å². The number of H-pyrrole nitrogens is 1. The van der Waals surface area contributed by atoms with Crippen molar-refractivity contribution in [1.82, 2.24) is 15.2 Å². The molecule has 0 saturated carbocycles. The average molecular weight is 229 g/mol. The van der Waals surface area contributed by atoms with E-state index in [1.54, 1.807) is 0 Å². The molecule has 88 valence electrons. The first kappa shape index (κ1) is 10.5. The zero-order valence-electron chi connectivity index (χ0n) is 9.60. The Morgan fingerprint density at radius 1 is 1.24 bits per heavy atom. The van der Waals surface area contributed by atoms with Gasteiger partial charge in [-0.15, -0.1) is 0 Å². The van der Waals surface area contributed by atoms with Gasteiger partial charge in [-0.3, -0.25) is 5.10 Å². The lowest BCUT2D eigenvalue weighted by molar-refractivity contribution is 0.0781. The van der Waals surface area contributed by atoms with Crippen LogP contribution >= 0.6 is 0 Å². The summed E-state index contributed by atoms with van der Waals surface area (Å²) in [6, 6.07) is 10.0. The summed E-state index contributed by atoms with van der Waals surface area (Å²) in [5, 5.41) is 7.30. The van der Waals surface area contributed by atoms with Crippen LogP contribution in [-0.2, 0) is 4.74 Å². The molecule has 1 fully saturated rings. The van der Waals surface area contributed by atoms with Crippen molar-refractivity contribution in [2.45, 2.75) is 18.8 Å². The third kappa shape index (κ3) is 2.22. The first-order valence-electron chi connectivity index (χ1n) is 5.99. The number of benzene rings is 1. The molecule has 1 aromatic carbocycles. The first-order chi connectivity index (χ1) is 8.43. The van der Waals surface area contributed by atoms with E-state index in [4.69, 9.17) is 4.74 Å².